The highest BCUT2D eigenvalue weighted by Crippen LogP contribution is 2.35. The fourth-order valence-electron chi connectivity index (χ4n) is 2.05. The van der Waals surface area contributed by atoms with E-state index in [1.165, 1.54) is 0 Å². The van der Waals surface area contributed by atoms with Gasteiger partial charge in [-0.3, -0.25) is 9.59 Å². The molecule has 0 radical (unpaired) electrons. The molecule has 0 saturated carbocycles. The van der Waals surface area contributed by atoms with Crippen LogP contribution in [0.25, 0.3) is 0 Å². The molecule has 0 heterocycles. The average Bonchev–Trinajstić information content (AvgIpc) is 2.31. The van der Waals surface area contributed by atoms with Crippen LogP contribution in [0.1, 0.15) is 61.8 Å². The minimum atomic E-state index is -0.392. The summed E-state index contributed by atoms with van der Waals surface area (Å²) in [5, 5.41) is 0. The van der Waals surface area contributed by atoms with Gasteiger partial charge in [0.2, 0.25) is 0 Å². The summed E-state index contributed by atoms with van der Waals surface area (Å²) in [7, 11) is 0. The molecule has 0 rings (SSSR count). The number of carbonyl (C=O) groups is 2. The van der Waals surface area contributed by atoms with Crippen LogP contribution in [0.4, 0.5) is 0 Å². The van der Waals surface area contributed by atoms with Crippen molar-refractivity contribution in [1.29, 1.82) is 0 Å². The van der Waals surface area contributed by atoms with Crippen molar-refractivity contribution >= 4 is 11.9 Å². The maximum atomic E-state index is 12.3. The fraction of sp³-hybridized carbons (Fsp3) is 0.778. The molecule has 0 bridgehead atoms. The van der Waals surface area contributed by atoms with Gasteiger partial charge in [0.1, 0.15) is 0 Å². The molecule has 0 fully saturated rings. The summed E-state index contributed by atoms with van der Waals surface area (Å²) in [6.45, 7) is 16.4. The van der Waals surface area contributed by atoms with E-state index in [-0.39, 0.29) is 29.2 Å². The van der Waals surface area contributed by atoms with E-state index in [9.17, 15) is 9.59 Å². The first kappa shape index (κ1) is 20.7. The minimum Gasteiger partial charge on any atom is -0.466 e. The molecule has 1 unspecified atom stereocenters. The third-order valence-electron chi connectivity index (χ3n) is 3.44. The second-order valence-electron chi connectivity index (χ2n) is 7.52. The van der Waals surface area contributed by atoms with Gasteiger partial charge in [-0.15, -0.1) is 0 Å². The van der Waals surface area contributed by atoms with Crippen molar-refractivity contribution in [2.75, 3.05) is 13.2 Å². The molecular weight excluding hydrogens is 280 g/mol. The lowest BCUT2D eigenvalue weighted by Crippen LogP contribution is -2.30. The second-order valence-corrected chi connectivity index (χ2v) is 7.52. The number of rotatable bonds is 6. The van der Waals surface area contributed by atoms with Gasteiger partial charge in [-0.2, -0.15) is 0 Å². The molecule has 0 aromatic heterocycles. The zero-order chi connectivity index (χ0) is 17.6. The molecule has 1 atom stereocenters. The predicted molar refractivity (Wildman–Crippen MR) is 88.4 cm³/mol. The summed E-state index contributed by atoms with van der Waals surface area (Å²) < 4.78 is 10.2. The van der Waals surface area contributed by atoms with Gasteiger partial charge in [0.15, 0.2) is 0 Å². The number of ether oxygens (including phenoxy) is 2. The minimum absolute atomic E-state index is 0.198. The Bertz CT molecular complexity index is 408. The molecule has 0 aromatic carbocycles. The van der Waals surface area contributed by atoms with E-state index in [0.29, 0.717) is 13.2 Å². The highest BCUT2D eigenvalue weighted by Gasteiger charge is 2.33. The summed E-state index contributed by atoms with van der Waals surface area (Å²) in [6, 6.07) is 0. The van der Waals surface area contributed by atoms with Gasteiger partial charge < -0.3 is 9.47 Å². The van der Waals surface area contributed by atoms with Crippen LogP contribution >= 0.6 is 0 Å². The first-order valence-electron chi connectivity index (χ1n) is 7.96. The van der Waals surface area contributed by atoms with E-state index in [0.717, 1.165) is 5.57 Å². The highest BCUT2D eigenvalue weighted by molar-refractivity contribution is 5.77. The van der Waals surface area contributed by atoms with Gasteiger partial charge in [-0.25, -0.2) is 0 Å². The maximum Gasteiger partial charge on any atom is 0.313 e. The molecule has 0 aliphatic carbocycles. The summed E-state index contributed by atoms with van der Waals surface area (Å²) in [5.74, 6) is -0.906. The first-order chi connectivity index (χ1) is 9.93. The zero-order valence-electron chi connectivity index (χ0n) is 15.4. The molecule has 0 aliphatic heterocycles. The third kappa shape index (κ3) is 7.10. The van der Waals surface area contributed by atoms with E-state index in [4.69, 9.17) is 9.47 Å². The van der Waals surface area contributed by atoms with E-state index in [1.54, 1.807) is 13.8 Å². The molecule has 0 saturated heterocycles. The lowest BCUT2D eigenvalue weighted by atomic mass is 9.75. The predicted octanol–water partition coefficient (Wildman–Crippen LogP) is 4.14. The maximum absolute atomic E-state index is 12.3. The van der Waals surface area contributed by atoms with E-state index in [2.05, 4.69) is 0 Å². The molecule has 0 N–H and O–H groups in total. The Morgan fingerprint density at radius 3 is 1.82 bits per heavy atom. The second kappa shape index (κ2) is 8.35. The van der Waals surface area contributed by atoms with E-state index < -0.39 is 5.92 Å². The zero-order valence-corrected chi connectivity index (χ0v) is 15.4. The van der Waals surface area contributed by atoms with Crippen LogP contribution in [0, 0.1) is 16.7 Å². The number of hydrogen-bond donors (Lipinski definition) is 0. The summed E-state index contributed by atoms with van der Waals surface area (Å²) >= 11 is 0. The van der Waals surface area contributed by atoms with Gasteiger partial charge in [0, 0.05) is 0 Å². The number of esters is 2. The molecule has 0 aliphatic rings. The van der Waals surface area contributed by atoms with Crippen molar-refractivity contribution in [2.24, 2.45) is 16.7 Å². The quantitative estimate of drug-likeness (QED) is 0.546. The summed E-state index contributed by atoms with van der Waals surface area (Å²) in [5.41, 5.74) is 0.402. The normalized spacial score (nSPS) is 14.5. The van der Waals surface area contributed by atoms with Crippen molar-refractivity contribution in [2.45, 2.75) is 61.8 Å². The van der Waals surface area contributed by atoms with Crippen molar-refractivity contribution in [3.8, 4) is 0 Å². The molecule has 4 heteroatoms. The molecular formula is C18H32O4. The lowest BCUT2D eigenvalue weighted by molar-refractivity contribution is -0.149. The van der Waals surface area contributed by atoms with E-state index >= 15 is 0 Å². The van der Waals surface area contributed by atoms with Gasteiger partial charge in [0.25, 0.3) is 0 Å². The van der Waals surface area contributed by atoms with Crippen LogP contribution in [-0.2, 0) is 19.1 Å². The van der Waals surface area contributed by atoms with Crippen molar-refractivity contribution in [3.05, 3.63) is 11.6 Å². The molecule has 0 amide bonds. The topological polar surface area (TPSA) is 52.6 Å². The van der Waals surface area contributed by atoms with Crippen LogP contribution in [0.3, 0.4) is 0 Å². The molecule has 128 valence electrons. The lowest BCUT2D eigenvalue weighted by Gasteiger charge is -2.30. The number of carbonyl (C=O) groups excluding carboxylic acids is 2. The average molecular weight is 312 g/mol. The van der Waals surface area contributed by atoms with Crippen LogP contribution in [0.15, 0.2) is 11.6 Å². The Morgan fingerprint density at radius 1 is 0.955 bits per heavy atom. The molecule has 4 nitrogen and oxygen atoms in total. The standard InChI is InChI=1S/C18H32O4/c1-9-21-15(19)12-13(17(3,4)5)11-14(18(6,7)8)16(20)22-10-2/h11,14H,9-10,12H2,1-8H3/b13-11+. The monoisotopic (exact) mass is 312 g/mol. The van der Waals surface area contributed by atoms with Gasteiger partial charge in [-0.05, 0) is 24.7 Å². The highest BCUT2D eigenvalue weighted by atomic mass is 16.5. The summed E-state index contributed by atoms with van der Waals surface area (Å²) in [6.07, 6.45) is 2.10. The van der Waals surface area contributed by atoms with E-state index in [1.807, 2.05) is 47.6 Å². The van der Waals surface area contributed by atoms with Crippen molar-refractivity contribution < 1.29 is 19.1 Å². The number of hydrogen-bond acceptors (Lipinski definition) is 4. The Morgan fingerprint density at radius 2 is 1.45 bits per heavy atom. The molecule has 0 aromatic rings. The fourth-order valence-corrected chi connectivity index (χ4v) is 2.05. The summed E-state index contributed by atoms with van der Waals surface area (Å²) in [4.78, 5) is 24.1. The Labute approximate surface area is 135 Å². The Kier molecular flexibility index (Phi) is 7.85. The van der Waals surface area contributed by atoms with Crippen molar-refractivity contribution in [3.63, 3.8) is 0 Å². The SMILES string of the molecule is CCOC(=O)C/C(=C\C(C(=O)OCC)C(C)(C)C)C(C)(C)C. The third-order valence-corrected chi connectivity index (χ3v) is 3.44. The van der Waals surface area contributed by atoms with Crippen LogP contribution < -0.4 is 0 Å². The van der Waals surface area contributed by atoms with Crippen molar-refractivity contribution in [1.82, 2.24) is 0 Å². The Balaban J connectivity index is 5.58. The van der Waals surface area contributed by atoms with Gasteiger partial charge >= 0.3 is 11.9 Å². The van der Waals surface area contributed by atoms with Crippen LogP contribution in [0.5, 0.6) is 0 Å². The smallest absolute Gasteiger partial charge is 0.313 e. The molecule has 22 heavy (non-hydrogen) atoms. The first-order valence-corrected chi connectivity index (χ1v) is 7.96. The van der Waals surface area contributed by atoms with Gasteiger partial charge in [0.05, 0.1) is 25.6 Å². The van der Waals surface area contributed by atoms with Gasteiger partial charge in [-0.1, -0.05) is 53.2 Å². The molecule has 0 spiro atoms. The van der Waals surface area contributed by atoms with Crippen LogP contribution in [0.2, 0.25) is 0 Å². The largest absolute Gasteiger partial charge is 0.466 e. The Hall–Kier alpha value is -1.32. The van der Waals surface area contributed by atoms with Crippen LogP contribution in [-0.4, -0.2) is 25.2 Å².